The molecule has 36 heavy (non-hydrogen) atoms. The van der Waals surface area contributed by atoms with E-state index < -0.39 is 0 Å². The number of aromatic amines is 2. The summed E-state index contributed by atoms with van der Waals surface area (Å²) in [5.74, 6) is 0.527. The number of aromatic nitrogens is 4. The Hall–Kier alpha value is -3.18. The zero-order valence-corrected chi connectivity index (χ0v) is 20.8. The quantitative estimate of drug-likeness (QED) is 0.410. The first-order chi connectivity index (χ1) is 17.5. The molecule has 2 amide bonds. The first kappa shape index (κ1) is 24.5. The van der Waals surface area contributed by atoms with Crippen LogP contribution in [0.3, 0.4) is 0 Å². The minimum absolute atomic E-state index is 0.0920. The van der Waals surface area contributed by atoms with Gasteiger partial charge < -0.3 is 29.2 Å². The highest BCUT2D eigenvalue weighted by molar-refractivity contribution is 6.31. The van der Waals surface area contributed by atoms with E-state index >= 15 is 0 Å². The van der Waals surface area contributed by atoms with E-state index in [4.69, 9.17) is 32.7 Å². The van der Waals surface area contributed by atoms with Crippen LogP contribution in [0.1, 0.15) is 21.2 Å². The van der Waals surface area contributed by atoms with Gasteiger partial charge in [0.1, 0.15) is 0 Å². The van der Waals surface area contributed by atoms with Crippen molar-refractivity contribution in [1.29, 1.82) is 0 Å². The number of carbonyl (C=O) groups excluding carboxylic acids is 2. The molecule has 2 aliphatic rings. The first-order valence-corrected chi connectivity index (χ1v) is 12.3. The average Bonchev–Trinajstić information content (AvgIpc) is 3.53. The Kier molecular flexibility index (Phi) is 7.38. The number of rotatable bonds is 2. The zero-order valence-electron chi connectivity index (χ0n) is 19.3. The predicted octanol–water partition coefficient (Wildman–Crippen LogP) is 3.38. The number of fused-ring (bicyclic) bond motifs is 2. The Morgan fingerprint density at radius 1 is 0.694 bits per heavy atom. The summed E-state index contributed by atoms with van der Waals surface area (Å²) in [4.78, 5) is 42.5. The first-order valence-electron chi connectivity index (χ1n) is 11.5. The average molecular weight is 531 g/mol. The summed E-state index contributed by atoms with van der Waals surface area (Å²) < 4.78 is 10.4. The third-order valence-electron chi connectivity index (χ3n) is 5.89. The van der Waals surface area contributed by atoms with Crippen molar-refractivity contribution >= 4 is 57.1 Å². The highest BCUT2D eigenvalue weighted by Crippen LogP contribution is 2.19. The summed E-state index contributed by atoms with van der Waals surface area (Å²) in [6, 6.07) is 10.6. The topological polar surface area (TPSA) is 116 Å². The molecule has 2 fully saturated rings. The van der Waals surface area contributed by atoms with Gasteiger partial charge in [-0.2, -0.15) is 0 Å². The monoisotopic (exact) mass is 530 g/mol. The molecule has 2 aromatic carbocycles. The van der Waals surface area contributed by atoms with Crippen LogP contribution in [-0.2, 0) is 9.47 Å². The number of H-pyrrole nitrogens is 2. The van der Waals surface area contributed by atoms with Gasteiger partial charge in [0.2, 0.25) is 0 Å². The van der Waals surface area contributed by atoms with Crippen molar-refractivity contribution in [2.75, 3.05) is 52.6 Å². The largest absolute Gasteiger partial charge is 0.378 e. The summed E-state index contributed by atoms with van der Waals surface area (Å²) >= 11 is 11.8. The number of hydrogen-bond donors (Lipinski definition) is 2. The van der Waals surface area contributed by atoms with Gasteiger partial charge in [-0.05, 0) is 36.4 Å². The maximum Gasteiger partial charge on any atom is 0.289 e. The Labute approximate surface area is 216 Å². The number of imidazole rings is 2. The second-order valence-corrected chi connectivity index (χ2v) is 9.18. The number of ether oxygens (including phenoxy) is 2. The van der Waals surface area contributed by atoms with Gasteiger partial charge in [-0.15, -0.1) is 0 Å². The van der Waals surface area contributed by atoms with Crippen LogP contribution in [-0.4, -0.2) is 94.2 Å². The normalized spacial score (nSPS) is 16.2. The Morgan fingerprint density at radius 3 is 1.47 bits per heavy atom. The number of morpholine rings is 2. The molecule has 0 unspecified atom stereocenters. The SMILES string of the molecule is O=C(c1nc2ccc(Cl)cc2[nH]1)N1CCOCC1.O=C(c1nc2ccc(Cl)cc2[nH]1)N1CCOCC1. The number of halogens is 2. The lowest BCUT2D eigenvalue weighted by Crippen LogP contribution is -2.41. The van der Waals surface area contributed by atoms with E-state index in [-0.39, 0.29) is 11.8 Å². The van der Waals surface area contributed by atoms with E-state index in [1.54, 1.807) is 46.2 Å². The molecule has 188 valence electrons. The number of amides is 2. The maximum atomic E-state index is 12.2. The number of nitrogens with one attached hydrogen (secondary N) is 2. The lowest BCUT2D eigenvalue weighted by molar-refractivity contribution is 0.0294. The number of benzene rings is 2. The summed E-state index contributed by atoms with van der Waals surface area (Å²) in [6.45, 7) is 4.76. The Morgan fingerprint density at radius 2 is 1.08 bits per heavy atom. The van der Waals surface area contributed by atoms with Gasteiger partial charge in [-0.3, -0.25) is 9.59 Å². The van der Waals surface area contributed by atoms with Crippen LogP contribution >= 0.6 is 23.2 Å². The molecular weight excluding hydrogens is 507 g/mol. The van der Waals surface area contributed by atoms with Gasteiger partial charge in [0.05, 0.1) is 48.5 Å². The molecule has 4 heterocycles. The van der Waals surface area contributed by atoms with Crippen molar-refractivity contribution in [1.82, 2.24) is 29.7 Å². The molecule has 2 aliphatic heterocycles. The van der Waals surface area contributed by atoms with Gasteiger partial charge >= 0.3 is 0 Å². The van der Waals surface area contributed by atoms with Crippen molar-refractivity contribution in [2.45, 2.75) is 0 Å². The van der Waals surface area contributed by atoms with Crippen LogP contribution in [0.5, 0.6) is 0 Å². The van der Waals surface area contributed by atoms with E-state index in [1.165, 1.54) is 0 Å². The number of hydrogen-bond acceptors (Lipinski definition) is 6. The standard InChI is InChI=1S/2C12H12ClN3O2/c2*13-8-1-2-9-10(7-8)15-11(14-9)12(17)16-3-5-18-6-4-16/h2*1-2,7H,3-6H2,(H,14,15). The van der Waals surface area contributed by atoms with Gasteiger partial charge in [-0.25, -0.2) is 9.97 Å². The van der Waals surface area contributed by atoms with Crippen molar-refractivity contribution < 1.29 is 19.1 Å². The molecule has 0 radical (unpaired) electrons. The second kappa shape index (κ2) is 10.8. The molecule has 0 atom stereocenters. The fourth-order valence-electron chi connectivity index (χ4n) is 4.00. The van der Waals surface area contributed by atoms with Crippen molar-refractivity contribution in [2.24, 2.45) is 0 Å². The van der Waals surface area contributed by atoms with Crippen LogP contribution in [0.2, 0.25) is 10.0 Å². The third kappa shape index (κ3) is 5.46. The molecule has 2 aromatic heterocycles. The molecule has 6 rings (SSSR count). The minimum Gasteiger partial charge on any atom is -0.378 e. The molecule has 10 nitrogen and oxygen atoms in total. The lowest BCUT2D eigenvalue weighted by Gasteiger charge is -2.25. The third-order valence-corrected chi connectivity index (χ3v) is 6.36. The van der Waals surface area contributed by atoms with Gasteiger partial charge in [0, 0.05) is 36.2 Å². The fraction of sp³-hybridized carbons (Fsp3) is 0.333. The smallest absolute Gasteiger partial charge is 0.289 e. The molecule has 4 aromatic rings. The van der Waals surface area contributed by atoms with Crippen molar-refractivity contribution in [3.05, 3.63) is 58.1 Å². The molecule has 2 N–H and O–H groups in total. The van der Waals surface area contributed by atoms with Crippen molar-refractivity contribution in [3.63, 3.8) is 0 Å². The van der Waals surface area contributed by atoms with Gasteiger partial charge in [0.25, 0.3) is 11.8 Å². The van der Waals surface area contributed by atoms with Crippen molar-refractivity contribution in [3.8, 4) is 0 Å². The predicted molar refractivity (Wildman–Crippen MR) is 136 cm³/mol. The zero-order chi connectivity index (χ0) is 25.1. The molecule has 12 heteroatoms. The Balaban J connectivity index is 0.000000148. The van der Waals surface area contributed by atoms with Gasteiger partial charge in [-0.1, -0.05) is 23.2 Å². The summed E-state index contributed by atoms with van der Waals surface area (Å²) in [5.41, 5.74) is 3.05. The van der Waals surface area contributed by atoms with E-state index in [1.807, 2.05) is 0 Å². The molecular formula is C24H24Cl2N6O4. The lowest BCUT2D eigenvalue weighted by atomic mass is 10.3. The molecule has 0 saturated carbocycles. The molecule has 2 saturated heterocycles. The van der Waals surface area contributed by atoms with Crippen LogP contribution in [0, 0.1) is 0 Å². The summed E-state index contributed by atoms with van der Waals surface area (Å²) in [6.07, 6.45) is 0. The van der Waals surface area contributed by atoms with Crippen LogP contribution in [0.4, 0.5) is 0 Å². The minimum atomic E-state index is -0.0920. The van der Waals surface area contributed by atoms with Crippen LogP contribution < -0.4 is 0 Å². The molecule has 0 aliphatic carbocycles. The van der Waals surface area contributed by atoms with Crippen LogP contribution in [0.25, 0.3) is 22.1 Å². The van der Waals surface area contributed by atoms with E-state index in [9.17, 15) is 9.59 Å². The molecule has 0 bridgehead atoms. The van der Waals surface area contributed by atoms with E-state index in [2.05, 4.69) is 19.9 Å². The van der Waals surface area contributed by atoms with Crippen LogP contribution in [0.15, 0.2) is 36.4 Å². The number of nitrogens with zero attached hydrogens (tertiary/aromatic N) is 4. The maximum absolute atomic E-state index is 12.2. The highest BCUT2D eigenvalue weighted by Gasteiger charge is 2.22. The van der Waals surface area contributed by atoms with E-state index in [0.717, 1.165) is 22.1 Å². The molecule has 0 spiro atoms. The second-order valence-electron chi connectivity index (χ2n) is 8.30. The summed E-state index contributed by atoms with van der Waals surface area (Å²) in [7, 11) is 0. The van der Waals surface area contributed by atoms with E-state index in [0.29, 0.717) is 74.3 Å². The highest BCUT2D eigenvalue weighted by atomic mass is 35.5. The number of carbonyl (C=O) groups is 2. The fourth-order valence-corrected chi connectivity index (χ4v) is 4.34. The Bertz CT molecular complexity index is 1290. The summed E-state index contributed by atoms with van der Waals surface area (Å²) in [5, 5.41) is 1.24. The van der Waals surface area contributed by atoms with Gasteiger partial charge in [0.15, 0.2) is 11.6 Å².